The van der Waals surface area contributed by atoms with Gasteiger partial charge in [-0.2, -0.15) is 13.2 Å². The summed E-state index contributed by atoms with van der Waals surface area (Å²) >= 11 is 0. The molecule has 2 aromatic rings. The van der Waals surface area contributed by atoms with Gasteiger partial charge in [0.25, 0.3) is 0 Å². The van der Waals surface area contributed by atoms with E-state index < -0.39 is 18.1 Å². The topological polar surface area (TPSA) is 55.1 Å². The van der Waals surface area contributed by atoms with Crippen molar-refractivity contribution in [2.75, 3.05) is 5.73 Å². The van der Waals surface area contributed by atoms with Crippen LogP contribution in [0.25, 0.3) is 0 Å². The van der Waals surface area contributed by atoms with Gasteiger partial charge in [0.2, 0.25) is 5.91 Å². The summed E-state index contributed by atoms with van der Waals surface area (Å²) in [6.45, 7) is 0. The van der Waals surface area contributed by atoms with Crippen LogP contribution < -0.4 is 11.1 Å². The van der Waals surface area contributed by atoms with E-state index in [2.05, 4.69) is 5.32 Å². The minimum Gasteiger partial charge on any atom is -0.399 e. The van der Waals surface area contributed by atoms with E-state index in [1.807, 2.05) is 0 Å². The second-order valence-electron chi connectivity index (χ2n) is 5.55. The maximum absolute atomic E-state index is 13.2. The first-order valence-corrected chi connectivity index (χ1v) is 7.59. The van der Waals surface area contributed by atoms with Gasteiger partial charge in [0, 0.05) is 18.5 Å². The van der Waals surface area contributed by atoms with Crippen LogP contribution in [0.5, 0.6) is 0 Å². The van der Waals surface area contributed by atoms with Gasteiger partial charge in [-0.15, -0.1) is 12.4 Å². The van der Waals surface area contributed by atoms with E-state index in [0.29, 0.717) is 17.7 Å². The van der Waals surface area contributed by atoms with Crippen molar-refractivity contribution in [1.82, 2.24) is 5.32 Å². The van der Waals surface area contributed by atoms with Gasteiger partial charge in [0.05, 0.1) is 0 Å². The molecule has 0 spiro atoms. The third kappa shape index (κ3) is 6.66. The summed E-state index contributed by atoms with van der Waals surface area (Å²) in [5.41, 5.74) is 7.57. The average Bonchev–Trinajstić information content (AvgIpc) is 2.53. The van der Waals surface area contributed by atoms with E-state index in [1.54, 1.807) is 54.6 Å². The maximum atomic E-state index is 13.2. The normalized spacial score (nSPS) is 12.1. The number of aryl methyl sites for hydroxylation is 1. The van der Waals surface area contributed by atoms with Crippen molar-refractivity contribution in [2.45, 2.75) is 31.5 Å². The summed E-state index contributed by atoms with van der Waals surface area (Å²) in [7, 11) is 0. The lowest BCUT2D eigenvalue weighted by molar-refractivity contribution is -0.161. The van der Waals surface area contributed by atoms with E-state index in [0.717, 1.165) is 5.56 Å². The summed E-state index contributed by atoms with van der Waals surface area (Å²) in [5.74, 6) is -0.642. The van der Waals surface area contributed by atoms with Crippen molar-refractivity contribution in [3.63, 3.8) is 0 Å². The molecule has 3 nitrogen and oxygen atoms in total. The highest BCUT2D eigenvalue weighted by molar-refractivity contribution is 5.85. The van der Waals surface area contributed by atoms with Gasteiger partial charge in [-0.25, -0.2) is 0 Å². The number of carbonyl (C=O) groups excluding carboxylic acids is 1. The molecule has 3 N–H and O–H groups in total. The quantitative estimate of drug-likeness (QED) is 0.755. The van der Waals surface area contributed by atoms with Crippen LogP contribution in [0.15, 0.2) is 54.6 Å². The highest BCUT2D eigenvalue weighted by Crippen LogP contribution is 2.23. The molecule has 136 valence electrons. The third-order valence-electron chi connectivity index (χ3n) is 3.69. The van der Waals surface area contributed by atoms with Crippen molar-refractivity contribution in [2.24, 2.45) is 0 Å². The lowest BCUT2D eigenvalue weighted by Crippen LogP contribution is -2.46. The molecule has 0 aliphatic rings. The number of amides is 1. The van der Waals surface area contributed by atoms with Crippen LogP contribution in [-0.4, -0.2) is 18.1 Å². The van der Waals surface area contributed by atoms with Gasteiger partial charge < -0.3 is 11.1 Å². The molecule has 1 unspecified atom stereocenters. The first-order valence-electron chi connectivity index (χ1n) is 7.59. The lowest BCUT2D eigenvalue weighted by atomic mass is 10.0. The van der Waals surface area contributed by atoms with Gasteiger partial charge >= 0.3 is 6.18 Å². The number of hydrogen-bond donors (Lipinski definition) is 2. The molecule has 0 fully saturated rings. The number of benzene rings is 2. The standard InChI is InChI=1S/C18H19F3N2O.ClH/c19-18(20,21)16(12-13-6-2-1-3-7-13)23-17(24)11-10-14-8-4-5-9-15(14)22;/h1-9,16H,10-12,22H2,(H,23,24);1H. The van der Waals surface area contributed by atoms with Gasteiger partial charge in [-0.3, -0.25) is 4.79 Å². The number of nitrogens with one attached hydrogen (secondary N) is 1. The predicted octanol–water partition coefficient (Wildman–Crippen LogP) is 3.91. The molecule has 0 saturated heterocycles. The van der Waals surface area contributed by atoms with Crippen LogP contribution >= 0.6 is 12.4 Å². The predicted molar refractivity (Wildman–Crippen MR) is 94.6 cm³/mol. The van der Waals surface area contributed by atoms with Crippen molar-refractivity contribution in [1.29, 1.82) is 0 Å². The number of alkyl halides is 3. The first-order chi connectivity index (χ1) is 11.4. The molecule has 25 heavy (non-hydrogen) atoms. The Balaban J connectivity index is 0.00000312. The Bertz CT molecular complexity index is 678. The van der Waals surface area contributed by atoms with Crippen molar-refractivity contribution in [3.05, 3.63) is 65.7 Å². The monoisotopic (exact) mass is 372 g/mol. The van der Waals surface area contributed by atoms with E-state index in [1.165, 1.54) is 0 Å². The van der Waals surface area contributed by atoms with Gasteiger partial charge in [0.15, 0.2) is 0 Å². The molecule has 1 amide bonds. The summed E-state index contributed by atoms with van der Waals surface area (Å²) in [6, 6.07) is 13.4. The third-order valence-corrected chi connectivity index (χ3v) is 3.69. The van der Waals surface area contributed by atoms with Crippen LogP contribution in [0.3, 0.4) is 0 Å². The zero-order chi connectivity index (χ0) is 17.6. The number of halogens is 4. The van der Waals surface area contributed by atoms with E-state index in [4.69, 9.17) is 5.73 Å². The number of para-hydroxylation sites is 1. The fourth-order valence-corrected chi connectivity index (χ4v) is 2.37. The second kappa shape index (κ2) is 9.32. The van der Waals surface area contributed by atoms with E-state index >= 15 is 0 Å². The molecule has 0 bridgehead atoms. The van der Waals surface area contributed by atoms with Gasteiger partial charge in [0.1, 0.15) is 6.04 Å². The fraction of sp³-hybridized carbons (Fsp3) is 0.278. The molecule has 0 aliphatic carbocycles. The summed E-state index contributed by atoms with van der Waals surface area (Å²) < 4.78 is 39.5. The van der Waals surface area contributed by atoms with E-state index in [-0.39, 0.29) is 25.2 Å². The number of anilines is 1. The Hall–Kier alpha value is -2.21. The summed E-state index contributed by atoms with van der Waals surface area (Å²) in [6.07, 6.45) is -4.54. The van der Waals surface area contributed by atoms with Crippen LogP contribution in [0.1, 0.15) is 17.5 Å². The highest BCUT2D eigenvalue weighted by Gasteiger charge is 2.40. The smallest absolute Gasteiger partial charge is 0.399 e. The minimum atomic E-state index is -4.50. The molecule has 0 heterocycles. The molecular formula is C18H20ClF3N2O. The van der Waals surface area contributed by atoms with Crippen LogP contribution in [0, 0.1) is 0 Å². The van der Waals surface area contributed by atoms with Crippen LogP contribution in [0.4, 0.5) is 18.9 Å². The molecule has 0 aliphatic heterocycles. The number of rotatable bonds is 6. The van der Waals surface area contributed by atoms with Crippen molar-refractivity contribution in [3.8, 4) is 0 Å². The Morgan fingerprint density at radius 1 is 1.04 bits per heavy atom. The largest absolute Gasteiger partial charge is 0.408 e. The Kier molecular flexibility index (Phi) is 7.77. The van der Waals surface area contributed by atoms with Crippen LogP contribution in [0.2, 0.25) is 0 Å². The van der Waals surface area contributed by atoms with Crippen molar-refractivity contribution < 1.29 is 18.0 Å². The zero-order valence-electron chi connectivity index (χ0n) is 13.4. The Labute approximate surface area is 150 Å². The van der Waals surface area contributed by atoms with Gasteiger partial charge in [-0.05, 0) is 23.6 Å². The number of carbonyl (C=O) groups is 1. The number of hydrogen-bond acceptors (Lipinski definition) is 2. The first kappa shape index (κ1) is 20.8. The second-order valence-corrected chi connectivity index (χ2v) is 5.55. The molecule has 0 radical (unpaired) electrons. The molecule has 2 aromatic carbocycles. The summed E-state index contributed by atoms with van der Waals surface area (Å²) in [5, 5.41) is 2.09. The van der Waals surface area contributed by atoms with Crippen molar-refractivity contribution >= 4 is 24.0 Å². The average molecular weight is 373 g/mol. The zero-order valence-corrected chi connectivity index (χ0v) is 14.2. The lowest BCUT2D eigenvalue weighted by Gasteiger charge is -2.22. The molecule has 7 heteroatoms. The number of nitrogen functional groups attached to an aromatic ring is 1. The van der Waals surface area contributed by atoms with E-state index in [9.17, 15) is 18.0 Å². The Morgan fingerprint density at radius 3 is 2.24 bits per heavy atom. The molecular weight excluding hydrogens is 353 g/mol. The highest BCUT2D eigenvalue weighted by atomic mass is 35.5. The van der Waals surface area contributed by atoms with Crippen LogP contribution in [-0.2, 0) is 17.6 Å². The fourth-order valence-electron chi connectivity index (χ4n) is 2.37. The summed E-state index contributed by atoms with van der Waals surface area (Å²) in [4.78, 5) is 11.9. The molecule has 1 atom stereocenters. The SMILES string of the molecule is Cl.Nc1ccccc1CCC(=O)NC(Cc1ccccc1)C(F)(F)F. The van der Waals surface area contributed by atoms with Gasteiger partial charge in [-0.1, -0.05) is 48.5 Å². The minimum absolute atomic E-state index is 0. The Morgan fingerprint density at radius 2 is 1.64 bits per heavy atom. The maximum Gasteiger partial charge on any atom is 0.408 e. The molecule has 2 rings (SSSR count). The number of nitrogens with two attached hydrogens (primary N) is 1. The molecule has 0 aromatic heterocycles. The molecule has 0 saturated carbocycles.